The lowest BCUT2D eigenvalue weighted by molar-refractivity contribution is 0.592. The molecule has 0 spiro atoms. The van der Waals surface area contributed by atoms with Gasteiger partial charge in [-0.25, -0.2) is 0 Å². The van der Waals surface area contributed by atoms with Crippen LogP contribution < -0.4 is 5.73 Å². The summed E-state index contributed by atoms with van der Waals surface area (Å²) in [6, 6.07) is 13.0. The monoisotopic (exact) mass is 266 g/mol. The molecule has 0 aliphatic rings. The molecule has 1 heterocycles. The van der Waals surface area contributed by atoms with Crippen LogP contribution >= 0.6 is 0 Å². The first-order valence-corrected chi connectivity index (χ1v) is 6.81. The molecule has 0 atom stereocenters. The van der Waals surface area contributed by atoms with Crippen LogP contribution in [-0.4, -0.2) is 4.98 Å². The lowest BCUT2D eigenvalue weighted by atomic mass is 10.0. The average molecular weight is 266 g/mol. The van der Waals surface area contributed by atoms with Gasteiger partial charge in [0.15, 0.2) is 5.76 Å². The molecule has 0 unspecified atom stereocenters. The van der Waals surface area contributed by atoms with Gasteiger partial charge in [-0.2, -0.15) is 4.98 Å². The summed E-state index contributed by atoms with van der Waals surface area (Å²) in [5.41, 5.74) is 8.90. The quantitative estimate of drug-likeness (QED) is 0.742. The van der Waals surface area contributed by atoms with Gasteiger partial charge in [-0.05, 0) is 29.7 Å². The molecule has 0 bridgehead atoms. The van der Waals surface area contributed by atoms with Gasteiger partial charge in [0.05, 0.1) is 5.69 Å². The molecule has 2 aromatic carbocycles. The molecule has 102 valence electrons. The molecule has 0 saturated heterocycles. The van der Waals surface area contributed by atoms with Gasteiger partial charge in [0, 0.05) is 5.56 Å². The third kappa shape index (κ3) is 2.16. The van der Waals surface area contributed by atoms with Gasteiger partial charge >= 0.3 is 0 Å². The number of anilines is 1. The van der Waals surface area contributed by atoms with E-state index >= 15 is 0 Å². The second-order valence-corrected chi connectivity index (χ2v) is 5.49. The number of hydrogen-bond acceptors (Lipinski definition) is 3. The molecule has 20 heavy (non-hydrogen) atoms. The minimum absolute atomic E-state index is 0.229. The van der Waals surface area contributed by atoms with E-state index in [9.17, 15) is 0 Å². The Balaban J connectivity index is 2.17. The zero-order chi connectivity index (χ0) is 14.3. The Morgan fingerprint density at radius 1 is 1.05 bits per heavy atom. The number of aromatic nitrogens is 1. The molecule has 3 rings (SSSR count). The fourth-order valence-corrected chi connectivity index (χ4v) is 2.45. The lowest BCUT2D eigenvalue weighted by Crippen LogP contribution is -1.91. The molecule has 0 fully saturated rings. The van der Waals surface area contributed by atoms with Gasteiger partial charge < -0.3 is 10.2 Å². The van der Waals surface area contributed by atoms with E-state index in [1.165, 1.54) is 16.3 Å². The van der Waals surface area contributed by atoms with Gasteiger partial charge in [0.1, 0.15) is 0 Å². The van der Waals surface area contributed by atoms with E-state index in [-0.39, 0.29) is 11.9 Å². The topological polar surface area (TPSA) is 52.0 Å². The van der Waals surface area contributed by atoms with Crippen LogP contribution in [0.5, 0.6) is 0 Å². The van der Waals surface area contributed by atoms with Crippen molar-refractivity contribution in [2.45, 2.75) is 26.7 Å². The highest BCUT2D eigenvalue weighted by Gasteiger charge is 2.16. The molecular weight excluding hydrogens is 248 g/mol. The maximum Gasteiger partial charge on any atom is 0.292 e. The molecule has 0 saturated carbocycles. The maximum atomic E-state index is 5.71. The number of hydrogen-bond donors (Lipinski definition) is 1. The number of oxazole rings is 1. The van der Waals surface area contributed by atoms with E-state index in [2.05, 4.69) is 62.2 Å². The van der Waals surface area contributed by atoms with Crippen LogP contribution in [0.3, 0.4) is 0 Å². The number of rotatable bonds is 2. The molecule has 3 heteroatoms. The van der Waals surface area contributed by atoms with E-state index in [1.807, 2.05) is 0 Å². The summed E-state index contributed by atoms with van der Waals surface area (Å²) < 4.78 is 5.60. The summed E-state index contributed by atoms with van der Waals surface area (Å²) in [6.07, 6.45) is 0. The minimum atomic E-state index is 0.229. The van der Waals surface area contributed by atoms with Crippen molar-refractivity contribution in [2.24, 2.45) is 0 Å². The van der Waals surface area contributed by atoms with Crippen molar-refractivity contribution in [2.75, 3.05) is 5.73 Å². The molecule has 0 aliphatic heterocycles. The van der Waals surface area contributed by atoms with E-state index < -0.39 is 0 Å². The Morgan fingerprint density at radius 3 is 2.50 bits per heavy atom. The van der Waals surface area contributed by atoms with Crippen LogP contribution in [0.1, 0.15) is 31.0 Å². The van der Waals surface area contributed by atoms with E-state index in [1.54, 1.807) is 0 Å². The predicted octanol–water partition coefficient (Wildman–Crippen LogP) is 4.51. The van der Waals surface area contributed by atoms with Crippen molar-refractivity contribution in [3.05, 3.63) is 47.7 Å². The van der Waals surface area contributed by atoms with E-state index in [4.69, 9.17) is 10.2 Å². The molecule has 3 nitrogen and oxygen atoms in total. The fourth-order valence-electron chi connectivity index (χ4n) is 2.45. The lowest BCUT2D eigenvalue weighted by Gasteiger charge is -2.06. The smallest absolute Gasteiger partial charge is 0.292 e. The highest BCUT2D eigenvalue weighted by atomic mass is 16.4. The number of aryl methyl sites for hydroxylation is 1. The highest BCUT2D eigenvalue weighted by molar-refractivity contribution is 5.87. The third-order valence-electron chi connectivity index (χ3n) is 3.47. The van der Waals surface area contributed by atoms with Crippen molar-refractivity contribution < 1.29 is 4.42 Å². The van der Waals surface area contributed by atoms with Gasteiger partial charge in [0.2, 0.25) is 0 Å². The molecule has 1 aromatic heterocycles. The van der Waals surface area contributed by atoms with Crippen molar-refractivity contribution in [1.82, 2.24) is 4.98 Å². The second kappa shape index (κ2) is 4.67. The summed E-state index contributed by atoms with van der Waals surface area (Å²) >= 11 is 0. The minimum Gasteiger partial charge on any atom is -0.423 e. The van der Waals surface area contributed by atoms with Crippen LogP contribution in [0, 0.1) is 6.92 Å². The first-order chi connectivity index (χ1) is 9.54. The first kappa shape index (κ1) is 12.7. The number of benzene rings is 2. The molecule has 0 aliphatic carbocycles. The van der Waals surface area contributed by atoms with Crippen LogP contribution in [0.15, 0.2) is 40.8 Å². The number of nitrogens with two attached hydrogens (primary N) is 1. The van der Waals surface area contributed by atoms with Crippen molar-refractivity contribution in [3.8, 4) is 11.3 Å². The largest absolute Gasteiger partial charge is 0.423 e. The SMILES string of the molecule is Cc1ccc2cc(-c3oc(N)nc3C(C)C)ccc2c1. The fraction of sp³-hybridized carbons (Fsp3) is 0.235. The maximum absolute atomic E-state index is 5.71. The van der Waals surface area contributed by atoms with Crippen molar-refractivity contribution in [1.29, 1.82) is 0 Å². The Kier molecular flexibility index (Phi) is 2.97. The number of nitrogens with zero attached hydrogens (tertiary/aromatic N) is 1. The Hall–Kier alpha value is -2.29. The summed E-state index contributed by atoms with van der Waals surface area (Å²) in [6.45, 7) is 6.28. The van der Waals surface area contributed by atoms with E-state index in [0.717, 1.165) is 17.0 Å². The van der Waals surface area contributed by atoms with Gasteiger partial charge in [-0.3, -0.25) is 0 Å². The van der Waals surface area contributed by atoms with E-state index in [0.29, 0.717) is 0 Å². The predicted molar refractivity (Wildman–Crippen MR) is 82.7 cm³/mol. The van der Waals surface area contributed by atoms with Crippen LogP contribution in [0.2, 0.25) is 0 Å². The van der Waals surface area contributed by atoms with Crippen molar-refractivity contribution >= 4 is 16.8 Å². The highest BCUT2D eigenvalue weighted by Crippen LogP contribution is 2.32. The molecule has 3 aromatic rings. The Morgan fingerprint density at radius 2 is 1.75 bits per heavy atom. The zero-order valence-electron chi connectivity index (χ0n) is 12.0. The summed E-state index contributed by atoms with van der Waals surface area (Å²) in [5, 5.41) is 2.42. The molecular formula is C17H18N2O. The summed E-state index contributed by atoms with van der Waals surface area (Å²) in [5.74, 6) is 1.06. The first-order valence-electron chi connectivity index (χ1n) is 6.81. The summed E-state index contributed by atoms with van der Waals surface area (Å²) in [4.78, 5) is 4.29. The van der Waals surface area contributed by atoms with Crippen LogP contribution in [-0.2, 0) is 0 Å². The third-order valence-corrected chi connectivity index (χ3v) is 3.47. The Labute approximate surface area is 118 Å². The standard InChI is InChI=1S/C17H18N2O/c1-10(2)15-16(20-17(18)19-15)14-7-6-12-8-11(3)4-5-13(12)9-14/h4-10H,1-3H3,(H2,18,19). The summed E-state index contributed by atoms with van der Waals surface area (Å²) in [7, 11) is 0. The van der Waals surface area contributed by atoms with Crippen LogP contribution in [0.25, 0.3) is 22.1 Å². The average Bonchev–Trinajstić information content (AvgIpc) is 2.80. The molecule has 0 amide bonds. The van der Waals surface area contributed by atoms with Gasteiger partial charge in [-0.15, -0.1) is 0 Å². The number of nitrogen functional groups attached to an aromatic ring is 1. The second-order valence-electron chi connectivity index (χ2n) is 5.49. The molecule has 0 radical (unpaired) electrons. The van der Waals surface area contributed by atoms with Crippen LogP contribution in [0.4, 0.5) is 6.01 Å². The van der Waals surface area contributed by atoms with Gasteiger partial charge in [0.25, 0.3) is 6.01 Å². The number of fused-ring (bicyclic) bond motifs is 1. The molecule has 2 N–H and O–H groups in total. The normalized spacial score (nSPS) is 11.4. The van der Waals surface area contributed by atoms with Gasteiger partial charge in [-0.1, -0.05) is 49.7 Å². The Bertz CT molecular complexity index is 772. The zero-order valence-corrected chi connectivity index (χ0v) is 12.0. The van der Waals surface area contributed by atoms with Crippen molar-refractivity contribution in [3.63, 3.8) is 0 Å².